The molecule has 0 aliphatic heterocycles. The molecule has 29 heavy (non-hydrogen) atoms. The minimum atomic E-state index is -4.61. The van der Waals surface area contributed by atoms with Crippen LogP contribution in [-0.4, -0.2) is 20.2 Å². The summed E-state index contributed by atoms with van der Waals surface area (Å²) in [4.78, 5) is 23.1. The molecule has 2 aromatic rings. The molecule has 0 aromatic heterocycles. The van der Waals surface area contributed by atoms with Crippen LogP contribution in [0.25, 0.3) is 0 Å². The van der Waals surface area contributed by atoms with Crippen LogP contribution in [0.4, 0.5) is 18.9 Å². The van der Waals surface area contributed by atoms with Crippen molar-refractivity contribution in [3.05, 3.63) is 59.7 Å². The zero-order valence-corrected chi connectivity index (χ0v) is 16.2. The highest BCUT2D eigenvalue weighted by Gasteiger charge is 2.30. The van der Waals surface area contributed by atoms with Gasteiger partial charge in [0, 0.05) is 17.2 Å². The molecule has 0 spiro atoms. The third-order valence-corrected chi connectivity index (χ3v) is 5.09. The molecule has 2 amide bonds. The van der Waals surface area contributed by atoms with E-state index in [-0.39, 0.29) is 22.1 Å². The highest BCUT2D eigenvalue weighted by atomic mass is 32.2. The van der Waals surface area contributed by atoms with Crippen LogP contribution in [0.2, 0.25) is 0 Å². The van der Waals surface area contributed by atoms with E-state index in [1.807, 2.05) is 0 Å². The second-order valence-electron chi connectivity index (χ2n) is 6.31. The Morgan fingerprint density at radius 1 is 0.966 bits per heavy atom. The van der Waals surface area contributed by atoms with Gasteiger partial charge in [-0.25, -0.2) is 8.42 Å². The van der Waals surface area contributed by atoms with E-state index in [2.05, 4.69) is 15.6 Å². The van der Waals surface area contributed by atoms with Gasteiger partial charge in [-0.1, -0.05) is 19.9 Å². The van der Waals surface area contributed by atoms with Crippen LogP contribution in [-0.2, 0) is 21.0 Å². The predicted molar refractivity (Wildman–Crippen MR) is 99.1 cm³/mol. The first kappa shape index (κ1) is 22.2. The van der Waals surface area contributed by atoms with Crippen molar-refractivity contribution in [1.29, 1.82) is 0 Å². The predicted octanol–water partition coefficient (Wildman–Crippen LogP) is 2.92. The number of sulfonamides is 1. The van der Waals surface area contributed by atoms with Crippen LogP contribution < -0.4 is 15.6 Å². The van der Waals surface area contributed by atoms with Gasteiger partial charge in [-0.2, -0.15) is 13.2 Å². The van der Waals surface area contributed by atoms with Crippen molar-refractivity contribution in [1.82, 2.24) is 10.9 Å². The number of anilines is 1. The van der Waals surface area contributed by atoms with E-state index < -0.39 is 33.6 Å². The summed E-state index contributed by atoms with van der Waals surface area (Å²) in [5.41, 5.74) is 3.23. The molecule has 0 bridgehead atoms. The molecular weight excluding hydrogens is 411 g/mol. The van der Waals surface area contributed by atoms with E-state index in [1.54, 1.807) is 13.8 Å². The molecular formula is C18H18F3N3O4S. The Balaban J connectivity index is 2.12. The SMILES string of the molecule is CC(C)C(=O)NNC(=O)c1ccc(S(=O)(=O)Nc2cccc(C(F)(F)F)c2)cc1. The summed E-state index contributed by atoms with van der Waals surface area (Å²) in [6, 6.07) is 8.42. The first-order valence-corrected chi connectivity index (χ1v) is 9.79. The van der Waals surface area contributed by atoms with Crippen LogP contribution in [0, 0.1) is 5.92 Å². The molecule has 0 aliphatic rings. The lowest BCUT2D eigenvalue weighted by molar-refractivity contribution is -0.137. The summed E-state index contributed by atoms with van der Waals surface area (Å²) in [7, 11) is -4.17. The van der Waals surface area contributed by atoms with E-state index in [4.69, 9.17) is 0 Å². The number of nitrogens with one attached hydrogen (secondary N) is 3. The number of amides is 2. The molecule has 0 atom stereocenters. The molecule has 0 fully saturated rings. The third kappa shape index (κ3) is 5.95. The quantitative estimate of drug-likeness (QED) is 0.636. The van der Waals surface area contributed by atoms with E-state index >= 15 is 0 Å². The average Bonchev–Trinajstić information content (AvgIpc) is 2.65. The van der Waals surface area contributed by atoms with Crippen molar-refractivity contribution in [2.75, 3.05) is 4.72 Å². The Hall–Kier alpha value is -3.08. The smallest absolute Gasteiger partial charge is 0.280 e. The second-order valence-corrected chi connectivity index (χ2v) is 7.99. The second kappa shape index (κ2) is 8.52. The van der Waals surface area contributed by atoms with Crippen molar-refractivity contribution in [3.8, 4) is 0 Å². The number of alkyl halides is 3. The zero-order valence-electron chi connectivity index (χ0n) is 15.4. The monoisotopic (exact) mass is 429 g/mol. The van der Waals surface area contributed by atoms with Crippen molar-refractivity contribution in [2.45, 2.75) is 24.9 Å². The lowest BCUT2D eigenvalue weighted by atomic mass is 10.2. The van der Waals surface area contributed by atoms with Crippen molar-refractivity contribution < 1.29 is 31.2 Å². The van der Waals surface area contributed by atoms with Gasteiger partial charge in [0.1, 0.15) is 0 Å². The molecule has 0 radical (unpaired) electrons. The van der Waals surface area contributed by atoms with Crippen molar-refractivity contribution in [2.24, 2.45) is 5.92 Å². The topological polar surface area (TPSA) is 104 Å². The Kier molecular flexibility index (Phi) is 6.52. The van der Waals surface area contributed by atoms with Crippen molar-refractivity contribution >= 4 is 27.5 Å². The molecule has 3 N–H and O–H groups in total. The summed E-state index contributed by atoms with van der Waals surface area (Å²) in [5, 5.41) is 0. The first-order chi connectivity index (χ1) is 13.4. The van der Waals surface area contributed by atoms with Crippen LogP contribution in [0.1, 0.15) is 29.8 Å². The number of benzene rings is 2. The maximum atomic E-state index is 12.8. The van der Waals surface area contributed by atoms with Crippen molar-refractivity contribution in [3.63, 3.8) is 0 Å². The molecule has 2 aromatic carbocycles. The average molecular weight is 429 g/mol. The standard InChI is InChI=1S/C18H18F3N3O4S/c1-11(2)16(25)22-23-17(26)12-6-8-15(9-7-12)29(27,28)24-14-5-3-4-13(10-14)18(19,20)21/h3-11,24H,1-2H3,(H,22,25)(H,23,26). The lowest BCUT2D eigenvalue weighted by Gasteiger charge is -2.12. The van der Waals surface area contributed by atoms with Gasteiger partial charge in [-0.15, -0.1) is 0 Å². The molecule has 2 rings (SSSR count). The van der Waals surface area contributed by atoms with E-state index in [1.165, 1.54) is 18.2 Å². The van der Waals surface area contributed by atoms with Crippen LogP contribution in [0.5, 0.6) is 0 Å². The normalized spacial score (nSPS) is 11.8. The zero-order chi connectivity index (χ0) is 21.8. The molecule has 0 saturated heterocycles. The summed E-state index contributed by atoms with van der Waals surface area (Å²) in [5.74, 6) is -1.40. The Bertz CT molecular complexity index is 1000. The van der Waals surface area contributed by atoms with Gasteiger partial charge >= 0.3 is 6.18 Å². The first-order valence-electron chi connectivity index (χ1n) is 8.30. The Morgan fingerprint density at radius 3 is 2.14 bits per heavy atom. The Morgan fingerprint density at radius 2 is 1.59 bits per heavy atom. The summed E-state index contributed by atoms with van der Waals surface area (Å²) in [6.07, 6.45) is -4.61. The highest BCUT2D eigenvalue weighted by Crippen LogP contribution is 2.31. The number of halogens is 3. The summed E-state index contributed by atoms with van der Waals surface area (Å²) >= 11 is 0. The molecule has 11 heteroatoms. The number of rotatable bonds is 5. The van der Waals surface area contributed by atoms with Gasteiger partial charge in [0.2, 0.25) is 5.91 Å². The molecule has 0 heterocycles. The van der Waals surface area contributed by atoms with Crippen LogP contribution in [0.3, 0.4) is 0 Å². The van der Waals surface area contributed by atoms with Gasteiger partial charge in [-0.05, 0) is 42.5 Å². The summed E-state index contributed by atoms with van der Waals surface area (Å²) < 4.78 is 65.1. The molecule has 0 saturated carbocycles. The van der Waals surface area contributed by atoms with Gasteiger partial charge in [0.25, 0.3) is 15.9 Å². The lowest BCUT2D eigenvalue weighted by Crippen LogP contribution is -2.43. The molecule has 7 nitrogen and oxygen atoms in total. The fraction of sp³-hybridized carbons (Fsp3) is 0.222. The van der Waals surface area contributed by atoms with E-state index in [0.717, 1.165) is 24.3 Å². The third-order valence-electron chi connectivity index (χ3n) is 3.69. The molecule has 156 valence electrons. The molecule has 0 unspecified atom stereocenters. The largest absolute Gasteiger partial charge is 0.416 e. The minimum absolute atomic E-state index is 0.0760. The fourth-order valence-corrected chi connectivity index (χ4v) is 3.14. The van der Waals surface area contributed by atoms with Gasteiger partial charge in [-0.3, -0.25) is 25.2 Å². The number of hydrogen-bond donors (Lipinski definition) is 3. The number of hydrazine groups is 1. The summed E-state index contributed by atoms with van der Waals surface area (Å²) in [6.45, 7) is 3.27. The van der Waals surface area contributed by atoms with E-state index in [0.29, 0.717) is 6.07 Å². The number of hydrogen-bond acceptors (Lipinski definition) is 4. The number of carbonyl (C=O) groups is 2. The van der Waals surface area contributed by atoms with Crippen LogP contribution in [0.15, 0.2) is 53.4 Å². The van der Waals surface area contributed by atoms with Gasteiger partial charge in [0.05, 0.1) is 10.5 Å². The van der Waals surface area contributed by atoms with E-state index in [9.17, 15) is 31.2 Å². The number of carbonyl (C=O) groups excluding carboxylic acids is 2. The maximum absolute atomic E-state index is 12.8. The highest BCUT2D eigenvalue weighted by molar-refractivity contribution is 7.92. The molecule has 0 aliphatic carbocycles. The van der Waals surface area contributed by atoms with Gasteiger partial charge in [0.15, 0.2) is 0 Å². The fourth-order valence-electron chi connectivity index (χ4n) is 2.09. The Labute approximate surface area is 165 Å². The van der Waals surface area contributed by atoms with Crippen LogP contribution >= 0.6 is 0 Å². The maximum Gasteiger partial charge on any atom is 0.416 e. The van der Waals surface area contributed by atoms with Gasteiger partial charge < -0.3 is 0 Å². The minimum Gasteiger partial charge on any atom is -0.280 e.